The number of aliphatic hydroxyl groups is 8. The van der Waals surface area contributed by atoms with Crippen LogP contribution in [0.1, 0.15) is 82.3 Å². The molecule has 20 N–H and O–H groups in total. The number of H-pyrrole nitrogens is 3. The number of aliphatic hydroxyl groups excluding tert-OH is 8. The Hall–Kier alpha value is -8.53. The quantitative estimate of drug-likeness (QED) is 0.0284. The van der Waals surface area contributed by atoms with Crippen LogP contribution in [-0.2, 0) is 61.9 Å². The highest BCUT2D eigenvalue weighted by atomic mass is 19.2. The van der Waals surface area contributed by atoms with Crippen LogP contribution >= 0.6 is 0 Å². The van der Waals surface area contributed by atoms with E-state index in [1.807, 2.05) is 5.32 Å². The lowest BCUT2D eigenvalue weighted by molar-refractivity contribution is -0.219. The number of hydrogen-bond donors (Lipinski definition) is 16. The minimum absolute atomic E-state index is 0.0562. The average Bonchev–Trinajstić information content (AvgIpc) is 1.58. The van der Waals surface area contributed by atoms with E-state index < -0.39 is 252 Å². The summed E-state index contributed by atoms with van der Waals surface area (Å²) in [5, 5.41) is 81.9. The van der Waals surface area contributed by atoms with Crippen molar-refractivity contribution in [3.8, 4) is 0 Å². The van der Waals surface area contributed by atoms with Gasteiger partial charge in [-0.1, -0.05) is 62.0 Å². The van der Waals surface area contributed by atoms with Crippen molar-refractivity contribution in [2.45, 2.75) is 177 Å². The molecule has 5 aliphatic rings. The number of alkyl halides is 4. The van der Waals surface area contributed by atoms with Crippen LogP contribution in [0.5, 0.6) is 0 Å². The van der Waals surface area contributed by atoms with Gasteiger partial charge in [-0.15, -0.1) is 0 Å². The molecule has 0 unspecified atom stereocenters. The molecule has 20 atom stereocenters. The van der Waals surface area contributed by atoms with Gasteiger partial charge in [0.15, 0.2) is 51.2 Å². The van der Waals surface area contributed by atoms with Crippen molar-refractivity contribution in [1.29, 1.82) is 0 Å². The van der Waals surface area contributed by atoms with E-state index in [4.69, 9.17) is 35.9 Å². The van der Waals surface area contributed by atoms with E-state index in [1.165, 1.54) is 37.7 Å². The minimum Gasteiger partial charge on any atom is -0.458 e. The fraction of sp³-hybridized carbons (Fsp3) is 0.632. The van der Waals surface area contributed by atoms with Gasteiger partial charge in [-0.2, -0.15) is 17.6 Å². The number of esters is 4. The fourth-order valence-electron chi connectivity index (χ4n) is 8.55. The number of halogens is 8. The van der Waals surface area contributed by atoms with Gasteiger partial charge >= 0.3 is 40.9 Å². The minimum atomic E-state index is -3.97. The molecule has 0 aliphatic carbocycles. The van der Waals surface area contributed by atoms with Crippen molar-refractivity contribution in [1.82, 2.24) is 38.9 Å². The summed E-state index contributed by atoms with van der Waals surface area (Å²) in [6, 6.07) is -4.82. The Bertz CT molecular complexity index is 4360. The van der Waals surface area contributed by atoms with Crippen LogP contribution in [0.15, 0.2) is 71.8 Å². The van der Waals surface area contributed by atoms with E-state index >= 15 is 8.78 Å². The Morgan fingerprint density at radius 2 is 0.788 bits per heavy atom. The number of rotatable bonds is 20. The van der Waals surface area contributed by atoms with Crippen molar-refractivity contribution in [3.05, 3.63) is 123 Å². The number of nitrogens with zero attached hydrogens (tertiary/aromatic N) is 4. The SMILES string of the molecule is CC(C)[C@H](N)C(=O)OC[C@@]1(F)O[C@@H](n2cc(F)c(=O)[nH]c2=O)[C@H](O)[C@@H]1O.[2H]C([2H])(OC(=O)[C@@H](N)C(C)C)[C@@]1(F)O[C@@H](n2cc(F)c(=O)[nH]c2=O)[C@H](O)[C@@H]1O.[2H]C([2H])(OC(=O)[C@@H](N)C(C)C)[C@@]1(F)O[C@@]([2H])(N2C=C(F)C(=O)NC2=C)[C@H](O)[C@@H]1O.[2H][C@@]1(n2cc(F)c(=O)[nH]c2=O)O[C@](F)(COC(=O)[C@@H](N)C(C)C)[C@@H](O)[C@H]1O. The standard InChI is InChI=1S/C15H21F2N3O6.3C14H19F2N3O7/c1-6(2)9(18)14(24)25-5-15(17)11(22)10(21)13(26-15)20-4-8(16)12(23)19-7(20)3;3*1-5(2)7(17)12(23)25-4-14(16)9(21)8(20)11(26-14)19-3-6(15)10(22)18-13(19)24/h4,6,9-11,13,21-22H,3,5,18H2,1-2H3,(H,19,23);3*3,5,7-9,11,20-21H,4,17H2,1-2H3,(H,18,22,24)/t9-,10+,11-,13+,15+;3*7-,8+,9-,11+,14+/m0000/s1/i5D2,13D;11D;4D2;. The molecule has 1 amide bonds. The van der Waals surface area contributed by atoms with Crippen LogP contribution in [0.3, 0.4) is 0 Å². The maximum Gasteiger partial charge on any atom is 0.330 e. The van der Waals surface area contributed by atoms with Gasteiger partial charge < -0.3 is 112 Å². The van der Waals surface area contributed by atoms with E-state index in [0.717, 1.165) is 0 Å². The molecule has 3 aromatic rings. The lowest BCUT2D eigenvalue weighted by Crippen LogP contribution is -2.47. The molecule has 8 heterocycles. The number of carbonyl (C=O) groups is 5. The van der Waals surface area contributed by atoms with E-state index in [9.17, 15) is 120 Å². The summed E-state index contributed by atoms with van der Waals surface area (Å²) in [6.45, 7) is 6.09. The fourth-order valence-corrected chi connectivity index (χ4v) is 8.55. The van der Waals surface area contributed by atoms with Gasteiger partial charge in [-0.25, -0.2) is 31.9 Å². The van der Waals surface area contributed by atoms with Crippen LogP contribution in [0.25, 0.3) is 0 Å². The van der Waals surface area contributed by atoms with Crippen molar-refractivity contribution in [2.75, 3.05) is 26.3 Å². The second kappa shape index (κ2) is 34.1. The summed E-state index contributed by atoms with van der Waals surface area (Å²) < 4.78 is 199. The van der Waals surface area contributed by atoms with Crippen LogP contribution in [-0.4, -0.2) is 233 Å². The summed E-state index contributed by atoms with van der Waals surface area (Å²) in [7, 11) is 0. The van der Waals surface area contributed by atoms with E-state index in [-0.39, 0.29) is 33.4 Å². The maximum absolute atomic E-state index is 15.4. The number of amides is 1. The van der Waals surface area contributed by atoms with E-state index in [0.29, 0.717) is 21.9 Å². The number of ether oxygens (including phenoxy) is 8. The molecular formula is C57H78F8N12O27. The van der Waals surface area contributed by atoms with Crippen molar-refractivity contribution < 1.29 is 146 Å². The summed E-state index contributed by atoms with van der Waals surface area (Å²) >= 11 is 0. The summed E-state index contributed by atoms with van der Waals surface area (Å²) in [5.41, 5.74) is 14.1. The highest BCUT2D eigenvalue weighted by molar-refractivity contribution is 5.93. The van der Waals surface area contributed by atoms with E-state index in [1.54, 1.807) is 32.7 Å². The summed E-state index contributed by atoms with van der Waals surface area (Å²) in [6.07, 6.45) is -28.2. The lowest BCUT2D eigenvalue weighted by Gasteiger charge is -2.33. The Labute approximate surface area is 586 Å². The monoisotopic (exact) mass is 1520 g/mol. The van der Waals surface area contributed by atoms with Crippen LogP contribution in [0.4, 0.5) is 35.1 Å². The highest BCUT2D eigenvalue weighted by Crippen LogP contribution is 2.42. The van der Waals surface area contributed by atoms with Gasteiger partial charge in [-0.05, 0) is 23.7 Å². The molecule has 0 spiro atoms. The second-order valence-corrected chi connectivity index (χ2v) is 24.4. The molecule has 39 nitrogen and oxygen atoms in total. The third-order valence-corrected chi connectivity index (χ3v) is 15.3. The zero-order chi connectivity index (χ0) is 84.7. The number of aromatic amines is 3. The molecule has 584 valence electrons. The Kier molecular flexibility index (Phi) is 25.1. The molecule has 5 aliphatic heterocycles. The van der Waals surface area contributed by atoms with Crippen molar-refractivity contribution in [2.24, 2.45) is 46.6 Å². The first kappa shape index (κ1) is 76.6. The Morgan fingerprint density at radius 1 is 0.500 bits per heavy atom. The van der Waals surface area contributed by atoms with Crippen LogP contribution in [0.2, 0.25) is 0 Å². The van der Waals surface area contributed by atoms with Gasteiger partial charge in [0.05, 0.1) is 26.8 Å². The molecule has 0 aromatic carbocycles. The maximum atomic E-state index is 15.4. The number of nitrogens with two attached hydrogens (primary N) is 4. The Morgan fingerprint density at radius 3 is 1.17 bits per heavy atom. The van der Waals surface area contributed by atoms with Crippen molar-refractivity contribution in [3.63, 3.8) is 0 Å². The molecule has 8 rings (SSSR count). The first-order valence-electron chi connectivity index (χ1n) is 33.1. The number of aromatic nitrogens is 6. The first-order chi connectivity index (χ1) is 50.1. The molecule has 3 aromatic heterocycles. The van der Waals surface area contributed by atoms with Crippen molar-refractivity contribution >= 4 is 29.8 Å². The summed E-state index contributed by atoms with van der Waals surface area (Å²) in [5.74, 6) is -28.1. The zero-order valence-corrected chi connectivity index (χ0v) is 55.3. The number of hydrogen-bond acceptors (Lipinski definition) is 32. The predicted molar refractivity (Wildman–Crippen MR) is 326 cm³/mol. The third-order valence-electron chi connectivity index (χ3n) is 15.3. The normalized spacial score (nSPS) is 33.2. The zero-order valence-electron chi connectivity index (χ0n) is 61.3. The number of carbonyl (C=O) groups excluding carboxylic acids is 5. The second-order valence-electron chi connectivity index (χ2n) is 24.4. The molecule has 4 saturated heterocycles. The number of nitrogens with one attached hydrogen (secondary N) is 4. The molecule has 0 bridgehead atoms. The molecule has 4 fully saturated rings. The largest absolute Gasteiger partial charge is 0.458 e. The molecule has 0 radical (unpaired) electrons. The first-order valence-corrected chi connectivity index (χ1v) is 30.1. The molecule has 0 saturated carbocycles. The predicted octanol–water partition coefficient (Wildman–Crippen LogP) is -6.67. The molecular weight excluding hydrogens is 1440 g/mol. The smallest absolute Gasteiger partial charge is 0.330 e. The van der Waals surface area contributed by atoms with Gasteiger partial charge in [-0.3, -0.25) is 67.0 Å². The van der Waals surface area contributed by atoms with Gasteiger partial charge in [0, 0.05) is 6.20 Å². The third kappa shape index (κ3) is 19.3. The van der Waals surface area contributed by atoms with E-state index in [2.05, 4.69) is 39.7 Å². The summed E-state index contributed by atoms with van der Waals surface area (Å²) in [4.78, 5) is 132. The molecule has 47 heteroatoms. The van der Waals surface area contributed by atoms with Gasteiger partial charge in [0.25, 0.3) is 46.0 Å². The lowest BCUT2D eigenvalue weighted by atomic mass is 10.1. The van der Waals surface area contributed by atoms with Gasteiger partial charge in [0.1, 0.15) is 78.8 Å². The van der Waals surface area contributed by atoms with Gasteiger partial charge in [0.2, 0.25) is 23.3 Å². The Balaban J connectivity index is 0.000000263. The topological polar surface area (TPSA) is 605 Å². The highest BCUT2D eigenvalue weighted by Gasteiger charge is 2.61. The molecule has 104 heavy (non-hydrogen) atoms. The average molecular weight is 1520 g/mol. The van der Waals surface area contributed by atoms with Crippen LogP contribution < -0.4 is 62.0 Å². The van der Waals surface area contributed by atoms with Crippen LogP contribution in [0, 0.1) is 41.1 Å².